The lowest BCUT2D eigenvalue weighted by Crippen LogP contribution is -2.28. The molecule has 1 aromatic carbocycles. The van der Waals surface area contributed by atoms with Crippen LogP contribution in [0.4, 0.5) is 0 Å². The average molecular weight is 336 g/mol. The lowest BCUT2D eigenvalue weighted by molar-refractivity contribution is -0.123. The molecule has 0 N–H and O–H groups in total. The molecule has 1 aliphatic carbocycles. The summed E-state index contributed by atoms with van der Waals surface area (Å²) in [6.07, 6.45) is 4.14. The maximum Gasteiger partial charge on any atom is 0.183 e. The Hall–Kier alpha value is -0.940. The molecule has 1 aliphatic rings. The van der Waals surface area contributed by atoms with Crippen molar-refractivity contribution in [3.8, 4) is 0 Å². The minimum atomic E-state index is -0.432. The Morgan fingerprint density at radius 3 is 1.88 bits per heavy atom. The highest BCUT2D eigenvalue weighted by Crippen LogP contribution is 2.43. The Kier molecular flexibility index (Phi) is 6.81. The second-order valence-corrected chi connectivity index (χ2v) is 7.19. The fraction of sp³-hybridized carbons (Fsp3) is 0.700. The summed E-state index contributed by atoms with van der Waals surface area (Å²) in [7, 11) is 6.60. The van der Waals surface area contributed by atoms with Gasteiger partial charge < -0.3 is 18.9 Å². The van der Waals surface area contributed by atoms with Crippen LogP contribution in [0.1, 0.15) is 68.8 Å². The van der Waals surface area contributed by atoms with E-state index in [1.807, 2.05) is 0 Å². The standard InChI is InChI=1S/C20H32O4/c1-14-9-11-20(2,12-10-14)15-7-8-16(18(21-3)22-4)17(13-15)19(23-5)24-6/h7-8,13-14,18-19H,9-12H2,1-6H3. The Morgan fingerprint density at radius 1 is 0.875 bits per heavy atom. The van der Waals surface area contributed by atoms with Gasteiger partial charge in [-0.1, -0.05) is 26.0 Å². The molecule has 0 bridgehead atoms. The van der Waals surface area contributed by atoms with E-state index in [1.54, 1.807) is 28.4 Å². The monoisotopic (exact) mass is 336 g/mol. The molecule has 4 heteroatoms. The van der Waals surface area contributed by atoms with Crippen molar-refractivity contribution in [1.29, 1.82) is 0 Å². The van der Waals surface area contributed by atoms with Crippen LogP contribution in [-0.2, 0) is 24.4 Å². The van der Waals surface area contributed by atoms with E-state index in [9.17, 15) is 0 Å². The van der Waals surface area contributed by atoms with Gasteiger partial charge in [-0.2, -0.15) is 0 Å². The molecule has 0 atom stereocenters. The van der Waals surface area contributed by atoms with Crippen LogP contribution in [0, 0.1) is 5.92 Å². The Bertz CT molecular complexity index is 512. The van der Waals surface area contributed by atoms with Crippen molar-refractivity contribution in [2.45, 2.75) is 57.5 Å². The highest BCUT2D eigenvalue weighted by Gasteiger charge is 2.33. The summed E-state index contributed by atoms with van der Waals surface area (Å²) in [6.45, 7) is 4.72. The molecule has 0 unspecified atom stereocenters. The molecule has 1 aromatic rings. The van der Waals surface area contributed by atoms with Crippen LogP contribution in [0.2, 0.25) is 0 Å². The van der Waals surface area contributed by atoms with Crippen LogP contribution in [0.25, 0.3) is 0 Å². The fourth-order valence-electron chi connectivity index (χ4n) is 3.76. The Balaban J connectivity index is 2.43. The van der Waals surface area contributed by atoms with E-state index in [2.05, 4.69) is 32.0 Å². The molecule has 2 rings (SSSR count). The molecular formula is C20H32O4. The number of ether oxygens (including phenoxy) is 4. The largest absolute Gasteiger partial charge is 0.352 e. The normalized spacial score (nSPS) is 24.8. The summed E-state index contributed by atoms with van der Waals surface area (Å²) >= 11 is 0. The van der Waals surface area contributed by atoms with Gasteiger partial charge in [-0.25, -0.2) is 0 Å². The molecule has 4 nitrogen and oxygen atoms in total. The summed E-state index contributed by atoms with van der Waals surface area (Å²) < 4.78 is 22.0. The predicted octanol–water partition coefficient (Wildman–Crippen LogP) is 4.74. The van der Waals surface area contributed by atoms with E-state index in [0.717, 1.165) is 17.0 Å². The minimum Gasteiger partial charge on any atom is -0.352 e. The smallest absolute Gasteiger partial charge is 0.183 e. The first-order chi connectivity index (χ1) is 11.5. The minimum absolute atomic E-state index is 0.210. The number of hydrogen-bond donors (Lipinski definition) is 0. The van der Waals surface area contributed by atoms with Crippen LogP contribution < -0.4 is 0 Å². The van der Waals surface area contributed by atoms with Crippen LogP contribution in [0.15, 0.2) is 18.2 Å². The quantitative estimate of drug-likeness (QED) is 0.674. The summed E-state index contributed by atoms with van der Waals surface area (Å²) in [6, 6.07) is 6.52. The van der Waals surface area contributed by atoms with Crippen molar-refractivity contribution in [3.05, 3.63) is 34.9 Å². The third-order valence-corrected chi connectivity index (χ3v) is 5.53. The van der Waals surface area contributed by atoms with Crippen molar-refractivity contribution in [2.24, 2.45) is 5.92 Å². The molecular weight excluding hydrogens is 304 g/mol. The molecule has 1 fully saturated rings. The van der Waals surface area contributed by atoms with Gasteiger partial charge in [-0.05, 0) is 48.6 Å². The van der Waals surface area contributed by atoms with E-state index in [1.165, 1.54) is 31.2 Å². The molecule has 136 valence electrons. The third kappa shape index (κ3) is 3.99. The van der Waals surface area contributed by atoms with E-state index >= 15 is 0 Å². The first-order valence-electron chi connectivity index (χ1n) is 8.74. The second-order valence-electron chi connectivity index (χ2n) is 7.19. The van der Waals surface area contributed by atoms with Gasteiger partial charge in [0.15, 0.2) is 12.6 Å². The zero-order valence-corrected chi connectivity index (χ0v) is 15.9. The number of benzene rings is 1. The summed E-state index contributed by atoms with van der Waals surface area (Å²) in [5.41, 5.74) is 3.48. The molecule has 0 amide bonds. The van der Waals surface area contributed by atoms with Crippen molar-refractivity contribution >= 4 is 0 Å². The maximum atomic E-state index is 5.52. The molecule has 0 spiro atoms. The topological polar surface area (TPSA) is 36.9 Å². The van der Waals surface area contributed by atoms with Gasteiger partial charge >= 0.3 is 0 Å². The molecule has 24 heavy (non-hydrogen) atoms. The van der Waals surface area contributed by atoms with Gasteiger partial charge in [0.25, 0.3) is 0 Å². The lowest BCUT2D eigenvalue weighted by Gasteiger charge is -2.37. The Morgan fingerprint density at radius 2 is 1.38 bits per heavy atom. The zero-order valence-electron chi connectivity index (χ0n) is 15.9. The van der Waals surface area contributed by atoms with Gasteiger partial charge in [0.1, 0.15) is 0 Å². The molecule has 0 aliphatic heterocycles. The predicted molar refractivity (Wildman–Crippen MR) is 94.9 cm³/mol. The van der Waals surface area contributed by atoms with Gasteiger partial charge in [0, 0.05) is 39.6 Å². The second kappa shape index (κ2) is 8.43. The van der Waals surface area contributed by atoms with Crippen LogP contribution in [0.5, 0.6) is 0 Å². The van der Waals surface area contributed by atoms with E-state index in [-0.39, 0.29) is 5.41 Å². The van der Waals surface area contributed by atoms with Crippen LogP contribution in [0.3, 0.4) is 0 Å². The van der Waals surface area contributed by atoms with Gasteiger partial charge in [-0.3, -0.25) is 0 Å². The van der Waals surface area contributed by atoms with E-state index in [4.69, 9.17) is 18.9 Å². The van der Waals surface area contributed by atoms with Gasteiger partial charge in [0.2, 0.25) is 0 Å². The molecule has 1 saturated carbocycles. The fourth-order valence-corrected chi connectivity index (χ4v) is 3.76. The van der Waals surface area contributed by atoms with Crippen molar-refractivity contribution in [1.82, 2.24) is 0 Å². The molecule has 0 saturated heterocycles. The van der Waals surface area contributed by atoms with Crippen molar-refractivity contribution in [3.63, 3.8) is 0 Å². The number of methoxy groups -OCH3 is 4. The first-order valence-corrected chi connectivity index (χ1v) is 8.74. The van der Waals surface area contributed by atoms with E-state index < -0.39 is 12.6 Å². The van der Waals surface area contributed by atoms with Crippen molar-refractivity contribution in [2.75, 3.05) is 28.4 Å². The molecule has 0 heterocycles. The Labute approximate surface area is 146 Å². The average Bonchev–Trinajstić information content (AvgIpc) is 2.60. The van der Waals surface area contributed by atoms with Gasteiger partial charge in [0.05, 0.1) is 0 Å². The highest BCUT2D eigenvalue weighted by atomic mass is 16.7. The summed E-state index contributed by atoms with van der Waals surface area (Å²) in [5.74, 6) is 0.828. The maximum absolute atomic E-state index is 5.52. The highest BCUT2D eigenvalue weighted by molar-refractivity contribution is 5.38. The molecule has 0 aromatic heterocycles. The SMILES string of the molecule is COC(OC)c1ccc(C2(C)CCC(C)CC2)cc1C(OC)OC. The van der Waals surface area contributed by atoms with E-state index in [0.29, 0.717) is 0 Å². The van der Waals surface area contributed by atoms with Crippen LogP contribution >= 0.6 is 0 Å². The summed E-state index contributed by atoms with van der Waals surface area (Å²) in [4.78, 5) is 0. The zero-order chi connectivity index (χ0) is 17.7. The lowest BCUT2D eigenvalue weighted by atomic mass is 9.68. The van der Waals surface area contributed by atoms with Crippen LogP contribution in [-0.4, -0.2) is 28.4 Å². The first kappa shape index (κ1) is 19.4. The molecule has 0 radical (unpaired) electrons. The summed E-state index contributed by atoms with van der Waals surface area (Å²) in [5, 5.41) is 0. The number of hydrogen-bond acceptors (Lipinski definition) is 4. The number of rotatable bonds is 7. The van der Waals surface area contributed by atoms with Crippen molar-refractivity contribution < 1.29 is 18.9 Å². The third-order valence-electron chi connectivity index (χ3n) is 5.53. The van der Waals surface area contributed by atoms with Gasteiger partial charge in [-0.15, -0.1) is 0 Å².